The highest BCUT2D eigenvalue weighted by Gasteiger charge is 2.17. The molecule has 0 saturated carbocycles. The van der Waals surface area contributed by atoms with Crippen molar-refractivity contribution in [2.75, 3.05) is 6.79 Å². The van der Waals surface area contributed by atoms with E-state index in [1.54, 1.807) is 12.1 Å². The lowest BCUT2D eigenvalue weighted by molar-refractivity contribution is -0.131. The van der Waals surface area contributed by atoms with Gasteiger partial charge in [0, 0.05) is 17.2 Å². The SMILES string of the molecule is O=C(O)/C=C/c1cccc(-c2ccccc2Cc2cc3c(cc2Cl)OCO3)c1. The van der Waals surface area contributed by atoms with E-state index >= 15 is 0 Å². The van der Waals surface area contributed by atoms with Gasteiger partial charge >= 0.3 is 5.97 Å². The Bertz CT molecular complexity index is 1070. The second kappa shape index (κ2) is 7.79. The second-order valence-electron chi connectivity index (χ2n) is 6.43. The Labute approximate surface area is 167 Å². The third-order valence-electron chi connectivity index (χ3n) is 4.56. The molecule has 0 spiro atoms. The smallest absolute Gasteiger partial charge is 0.328 e. The number of carboxylic acids is 1. The fourth-order valence-corrected chi connectivity index (χ4v) is 3.45. The van der Waals surface area contributed by atoms with Gasteiger partial charge in [-0.2, -0.15) is 0 Å². The molecule has 4 nitrogen and oxygen atoms in total. The first-order valence-electron chi connectivity index (χ1n) is 8.77. The van der Waals surface area contributed by atoms with Crippen molar-refractivity contribution >= 4 is 23.6 Å². The van der Waals surface area contributed by atoms with Gasteiger partial charge in [0.2, 0.25) is 6.79 Å². The molecule has 0 aliphatic carbocycles. The zero-order chi connectivity index (χ0) is 19.5. The Morgan fingerprint density at radius 2 is 1.79 bits per heavy atom. The second-order valence-corrected chi connectivity index (χ2v) is 6.84. The van der Waals surface area contributed by atoms with Crippen LogP contribution >= 0.6 is 11.6 Å². The molecule has 1 aliphatic heterocycles. The van der Waals surface area contributed by atoms with Crippen molar-refractivity contribution in [2.24, 2.45) is 0 Å². The third kappa shape index (κ3) is 3.87. The zero-order valence-electron chi connectivity index (χ0n) is 14.9. The Morgan fingerprint density at radius 3 is 2.61 bits per heavy atom. The number of benzene rings is 3. The van der Waals surface area contributed by atoms with Crippen LogP contribution in [0.3, 0.4) is 0 Å². The summed E-state index contributed by atoms with van der Waals surface area (Å²) in [5.74, 6) is 0.404. The summed E-state index contributed by atoms with van der Waals surface area (Å²) in [5.41, 5.74) is 4.99. The van der Waals surface area contributed by atoms with Crippen LogP contribution in [0.4, 0.5) is 0 Å². The minimum absolute atomic E-state index is 0.211. The van der Waals surface area contributed by atoms with Crippen molar-refractivity contribution < 1.29 is 19.4 Å². The molecule has 140 valence electrons. The number of aliphatic carboxylic acids is 1. The van der Waals surface area contributed by atoms with Gasteiger partial charge in [-0.05, 0) is 52.4 Å². The first-order valence-corrected chi connectivity index (χ1v) is 9.15. The number of ether oxygens (including phenoxy) is 2. The fourth-order valence-electron chi connectivity index (χ4n) is 3.23. The van der Waals surface area contributed by atoms with E-state index in [9.17, 15) is 4.79 Å². The zero-order valence-corrected chi connectivity index (χ0v) is 15.6. The molecule has 3 aromatic rings. The largest absolute Gasteiger partial charge is 0.478 e. The first kappa shape index (κ1) is 18.1. The maximum Gasteiger partial charge on any atom is 0.328 e. The van der Waals surface area contributed by atoms with E-state index in [0.717, 1.165) is 33.9 Å². The predicted octanol–water partition coefficient (Wildman–Crippen LogP) is 5.42. The van der Waals surface area contributed by atoms with Crippen LogP contribution < -0.4 is 9.47 Å². The van der Waals surface area contributed by atoms with Crippen LogP contribution in [0.5, 0.6) is 11.5 Å². The van der Waals surface area contributed by atoms with Crippen molar-refractivity contribution in [1.82, 2.24) is 0 Å². The molecule has 0 aromatic heterocycles. The lowest BCUT2D eigenvalue weighted by Gasteiger charge is -2.12. The number of fused-ring (bicyclic) bond motifs is 1. The summed E-state index contributed by atoms with van der Waals surface area (Å²) < 4.78 is 10.8. The van der Waals surface area contributed by atoms with Crippen molar-refractivity contribution in [3.8, 4) is 22.6 Å². The summed E-state index contributed by atoms with van der Waals surface area (Å²) >= 11 is 6.45. The van der Waals surface area contributed by atoms with Crippen molar-refractivity contribution in [2.45, 2.75) is 6.42 Å². The summed E-state index contributed by atoms with van der Waals surface area (Å²) in [7, 11) is 0. The molecule has 3 aromatic carbocycles. The lowest BCUT2D eigenvalue weighted by atomic mass is 9.94. The van der Waals surface area contributed by atoms with E-state index in [4.69, 9.17) is 26.2 Å². The average molecular weight is 393 g/mol. The van der Waals surface area contributed by atoms with Crippen LogP contribution in [0.1, 0.15) is 16.7 Å². The normalized spacial score (nSPS) is 12.5. The summed E-state index contributed by atoms with van der Waals surface area (Å²) in [6.45, 7) is 0.211. The van der Waals surface area contributed by atoms with E-state index in [2.05, 4.69) is 12.1 Å². The summed E-state index contributed by atoms with van der Waals surface area (Å²) in [4.78, 5) is 10.8. The van der Waals surface area contributed by atoms with E-state index in [-0.39, 0.29) is 6.79 Å². The molecule has 1 aliphatic rings. The van der Waals surface area contributed by atoms with Crippen molar-refractivity contribution in [1.29, 1.82) is 0 Å². The molecule has 0 radical (unpaired) electrons. The Morgan fingerprint density at radius 1 is 1.00 bits per heavy atom. The molecule has 0 unspecified atom stereocenters. The average Bonchev–Trinajstić information content (AvgIpc) is 3.14. The van der Waals surface area contributed by atoms with Gasteiger partial charge in [0.1, 0.15) is 0 Å². The topological polar surface area (TPSA) is 55.8 Å². The molecule has 28 heavy (non-hydrogen) atoms. The molecule has 0 amide bonds. The molecule has 0 atom stereocenters. The van der Waals surface area contributed by atoms with E-state index in [0.29, 0.717) is 22.9 Å². The third-order valence-corrected chi connectivity index (χ3v) is 4.91. The summed E-state index contributed by atoms with van der Waals surface area (Å²) in [6.07, 6.45) is 3.36. The van der Waals surface area contributed by atoms with Gasteiger partial charge < -0.3 is 14.6 Å². The lowest BCUT2D eigenvalue weighted by Crippen LogP contribution is -1.94. The van der Waals surface area contributed by atoms with Crippen molar-refractivity contribution in [3.63, 3.8) is 0 Å². The van der Waals surface area contributed by atoms with E-state index < -0.39 is 5.97 Å². The molecular weight excluding hydrogens is 376 g/mol. The molecule has 0 saturated heterocycles. The van der Waals surface area contributed by atoms with Gasteiger partial charge in [0.15, 0.2) is 11.5 Å². The van der Waals surface area contributed by atoms with Crippen LogP contribution in [-0.4, -0.2) is 17.9 Å². The quantitative estimate of drug-likeness (QED) is 0.588. The molecule has 5 heteroatoms. The minimum atomic E-state index is -0.969. The highest BCUT2D eigenvalue weighted by atomic mass is 35.5. The molecule has 1 N–H and O–H groups in total. The number of halogens is 1. The number of rotatable bonds is 5. The number of hydrogen-bond acceptors (Lipinski definition) is 3. The molecule has 0 fully saturated rings. The molecule has 1 heterocycles. The number of hydrogen-bond donors (Lipinski definition) is 1. The van der Waals surface area contributed by atoms with Gasteiger partial charge in [0.05, 0.1) is 0 Å². The van der Waals surface area contributed by atoms with Gasteiger partial charge in [-0.3, -0.25) is 0 Å². The number of carboxylic acid groups (broad SMARTS) is 1. The van der Waals surface area contributed by atoms with Gasteiger partial charge in [0.25, 0.3) is 0 Å². The highest BCUT2D eigenvalue weighted by molar-refractivity contribution is 6.31. The Balaban J connectivity index is 1.69. The highest BCUT2D eigenvalue weighted by Crippen LogP contribution is 2.38. The van der Waals surface area contributed by atoms with Crippen LogP contribution in [0.2, 0.25) is 5.02 Å². The van der Waals surface area contributed by atoms with Crippen LogP contribution in [0.15, 0.2) is 66.7 Å². The van der Waals surface area contributed by atoms with E-state index in [1.165, 1.54) is 0 Å². The minimum Gasteiger partial charge on any atom is -0.478 e. The Kier molecular flexibility index (Phi) is 5.04. The Hall–Kier alpha value is -3.24. The van der Waals surface area contributed by atoms with E-state index in [1.807, 2.05) is 42.5 Å². The van der Waals surface area contributed by atoms with Crippen molar-refractivity contribution in [3.05, 3.63) is 88.5 Å². The predicted molar refractivity (Wildman–Crippen MR) is 109 cm³/mol. The van der Waals surface area contributed by atoms with Crippen LogP contribution in [0.25, 0.3) is 17.2 Å². The molecule has 0 bridgehead atoms. The molecular formula is C23H17ClO4. The number of carbonyl (C=O) groups is 1. The van der Waals surface area contributed by atoms with Gasteiger partial charge in [-0.15, -0.1) is 0 Å². The fraction of sp³-hybridized carbons (Fsp3) is 0.0870. The maximum absolute atomic E-state index is 10.8. The van der Waals surface area contributed by atoms with Gasteiger partial charge in [-0.25, -0.2) is 4.79 Å². The first-order chi connectivity index (χ1) is 13.6. The maximum atomic E-state index is 10.8. The summed E-state index contributed by atoms with van der Waals surface area (Å²) in [6, 6.07) is 19.6. The van der Waals surface area contributed by atoms with Crippen LogP contribution in [-0.2, 0) is 11.2 Å². The standard InChI is InChI=1S/C23H17ClO4/c24-20-13-22-21(27-14-28-22)12-18(20)11-17-5-1-2-7-19(17)16-6-3-4-15(10-16)8-9-23(25)26/h1-10,12-13H,11,14H2,(H,25,26)/b9-8+. The van der Waals surface area contributed by atoms with Gasteiger partial charge in [-0.1, -0.05) is 54.1 Å². The van der Waals surface area contributed by atoms with Crippen LogP contribution in [0, 0.1) is 0 Å². The monoisotopic (exact) mass is 392 g/mol. The molecule has 4 rings (SSSR count). The summed E-state index contributed by atoms with van der Waals surface area (Å²) in [5, 5.41) is 9.48.